The Kier molecular flexibility index (Phi) is 3.26. The average molecular weight is 207 g/mol. The van der Waals surface area contributed by atoms with Gasteiger partial charge in [-0.2, -0.15) is 0 Å². The van der Waals surface area contributed by atoms with E-state index < -0.39 is 0 Å². The topological polar surface area (TPSA) is 17.1 Å². The maximum atomic E-state index is 11.1. The standard InChI is InChI=1S/C12H10O.ClH/c1-9(13)11-7-6-10-4-2-3-5-12(10)8-11;/h2-8H,1H3;1H. The van der Waals surface area contributed by atoms with Gasteiger partial charge < -0.3 is 0 Å². The minimum atomic E-state index is 0. The van der Waals surface area contributed by atoms with Crippen molar-refractivity contribution < 1.29 is 4.79 Å². The van der Waals surface area contributed by atoms with Crippen LogP contribution in [0.3, 0.4) is 0 Å². The number of Topliss-reactive ketones (excluding diaryl/α,β-unsaturated/α-hetero) is 1. The first-order chi connectivity index (χ1) is 6.27. The van der Waals surface area contributed by atoms with Gasteiger partial charge in [0.2, 0.25) is 0 Å². The number of benzene rings is 2. The minimum Gasteiger partial charge on any atom is -0.295 e. The Labute approximate surface area is 89.2 Å². The van der Waals surface area contributed by atoms with Crippen molar-refractivity contribution in [3.05, 3.63) is 48.0 Å². The van der Waals surface area contributed by atoms with Crippen molar-refractivity contribution in [1.29, 1.82) is 0 Å². The molecule has 0 spiro atoms. The molecule has 72 valence electrons. The lowest BCUT2D eigenvalue weighted by Gasteiger charge is -1.99. The molecule has 14 heavy (non-hydrogen) atoms. The van der Waals surface area contributed by atoms with Gasteiger partial charge in [0.1, 0.15) is 0 Å². The zero-order valence-corrected chi connectivity index (χ0v) is 8.67. The Morgan fingerprint density at radius 3 is 2.29 bits per heavy atom. The smallest absolute Gasteiger partial charge is 0.159 e. The molecule has 0 heterocycles. The maximum Gasteiger partial charge on any atom is 0.159 e. The second-order valence-corrected chi connectivity index (χ2v) is 3.12. The number of halogens is 1. The quantitative estimate of drug-likeness (QED) is 0.653. The van der Waals surface area contributed by atoms with Gasteiger partial charge >= 0.3 is 0 Å². The monoisotopic (exact) mass is 206 g/mol. The van der Waals surface area contributed by atoms with E-state index in [0.29, 0.717) is 0 Å². The number of hydrogen-bond acceptors (Lipinski definition) is 1. The summed E-state index contributed by atoms with van der Waals surface area (Å²) in [5, 5.41) is 2.29. The molecule has 0 bridgehead atoms. The minimum absolute atomic E-state index is 0. The Bertz CT molecular complexity index is 463. The van der Waals surface area contributed by atoms with Crippen LogP contribution < -0.4 is 0 Å². The average Bonchev–Trinajstić information content (AvgIpc) is 2.17. The third kappa shape index (κ3) is 1.94. The molecule has 0 aliphatic carbocycles. The highest BCUT2D eigenvalue weighted by Gasteiger charge is 1.99. The van der Waals surface area contributed by atoms with Crippen LogP contribution in [0.2, 0.25) is 0 Å². The summed E-state index contributed by atoms with van der Waals surface area (Å²) >= 11 is 0. The largest absolute Gasteiger partial charge is 0.295 e. The molecule has 0 amide bonds. The van der Waals surface area contributed by atoms with E-state index in [1.165, 1.54) is 5.39 Å². The van der Waals surface area contributed by atoms with Gasteiger partial charge in [-0.05, 0) is 23.8 Å². The second-order valence-electron chi connectivity index (χ2n) is 3.12. The SMILES string of the molecule is CC(=O)c1ccc2ccccc2c1.Cl. The summed E-state index contributed by atoms with van der Waals surface area (Å²) in [5.41, 5.74) is 0.777. The molecule has 1 nitrogen and oxygen atoms in total. The van der Waals surface area contributed by atoms with E-state index in [0.717, 1.165) is 10.9 Å². The lowest BCUT2D eigenvalue weighted by molar-refractivity contribution is 0.101. The lowest BCUT2D eigenvalue weighted by Crippen LogP contribution is -1.90. The molecule has 0 unspecified atom stereocenters. The maximum absolute atomic E-state index is 11.1. The molecule has 0 atom stereocenters. The Hall–Kier alpha value is -1.34. The zero-order chi connectivity index (χ0) is 9.26. The van der Waals surface area contributed by atoms with Gasteiger partial charge in [-0.15, -0.1) is 12.4 Å². The first-order valence-electron chi connectivity index (χ1n) is 4.27. The number of ketones is 1. The van der Waals surface area contributed by atoms with Gasteiger partial charge in [0, 0.05) is 5.56 Å². The molecule has 0 radical (unpaired) electrons. The molecule has 0 fully saturated rings. The fourth-order valence-corrected chi connectivity index (χ4v) is 1.41. The summed E-state index contributed by atoms with van der Waals surface area (Å²) < 4.78 is 0. The van der Waals surface area contributed by atoms with E-state index in [1.54, 1.807) is 6.92 Å². The molecule has 2 aromatic carbocycles. The second kappa shape index (κ2) is 4.25. The first-order valence-corrected chi connectivity index (χ1v) is 4.27. The molecule has 2 heteroatoms. The van der Waals surface area contributed by atoms with E-state index in [2.05, 4.69) is 0 Å². The number of hydrogen-bond donors (Lipinski definition) is 0. The van der Waals surface area contributed by atoms with Crippen molar-refractivity contribution >= 4 is 29.0 Å². The van der Waals surface area contributed by atoms with E-state index >= 15 is 0 Å². The number of carbonyl (C=O) groups is 1. The van der Waals surface area contributed by atoms with Crippen molar-refractivity contribution in [1.82, 2.24) is 0 Å². The van der Waals surface area contributed by atoms with Crippen LogP contribution >= 0.6 is 12.4 Å². The molecule has 0 aliphatic rings. The normalized spacial score (nSPS) is 9.50. The van der Waals surface area contributed by atoms with Gasteiger partial charge in [-0.1, -0.05) is 36.4 Å². The number of fused-ring (bicyclic) bond motifs is 1. The van der Waals surface area contributed by atoms with E-state index in [4.69, 9.17) is 0 Å². The van der Waals surface area contributed by atoms with Crippen molar-refractivity contribution in [2.45, 2.75) is 6.92 Å². The molecule has 0 saturated carbocycles. The Morgan fingerprint density at radius 2 is 1.64 bits per heavy atom. The predicted molar refractivity (Wildman–Crippen MR) is 61.2 cm³/mol. The van der Waals surface area contributed by atoms with Crippen LogP contribution in [-0.4, -0.2) is 5.78 Å². The van der Waals surface area contributed by atoms with Gasteiger partial charge in [-0.25, -0.2) is 0 Å². The number of rotatable bonds is 1. The summed E-state index contributed by atoms with van der Waals surface area (Å²) in [6, 6.07) is 13.8. The van der Waals surface area contributed by atoms with Crippen LogP contribution in [0.25, 0.3) is 10.8 Å². The first kappa shape index (κ1) is 10.7. The van der Waals surface area contributed by atoms with Crippen molar-refractivity contribution in [2.24, 2.45) is 0 Å². The van der Waals surface area contributed by atoms with Crippen LogP contribution in [0.15, 0.2) is 42.5 Å². The summed E-state index contributed by atoms with van der Waals surface area (Å²) in [6.07, 6.45) is 0. The summed E-state index contributed by atoms with van der Waals surface area (Å²) in [7, 11) is 0. The van der Waals surface area contributed by atoms with Gasteiger partial charge in [0.05, 0.1) is 0 Å². The molecule has 2 aromatic rings. The van der Waals surface area contributed by atoms with Crippen LogP contribution in [-0.2, 0) is 0 Å². The zero-order valence-electron chi connectivity index (χ0n) is 7.86. The molecular formula is C12H11ClO. The molecule has 0 N–H and O–H groups in total. The van der Waals surface area contributed by atoms with E-state index in [-0.39, 0.29) is 18.2 Å². The Balaban J connectivity index is 0.000000980. The number of carbonyl (C=O) groups excluding carboxylic acids is 1. The van der Waals surface area contributed by atoms with Crippen LogP contribution in [0.1, 0.15) is 17.3 Å². The van der Waals surface area contributed by atoms with Crippen molar-refractivity contribution in [2.75, 3.05) is 0 Å². The molecule has 2 rings (SSSR count). The highest BCUT2D eigenvalue weighted by Crippen LogP contribution is 2.15. The molecule has 0 aliphatic heterocycles. The van der Waals surface area contributed by atoms with Crippen LogP contribution in [0.5, 0.6) is 0 Å². The summed E-state index contributed by atoms with van der Waals surface area (Å²) in [4.78, 5) is 11.1. The molecule has 0 saturated heterocycles. The summed E-state index contributed by atoms with van der Waals surface area (Å²) in [5.74, 6) is 0.116. The van der Waals surface area contributed by atoms with Gasteiger partial charge in [0.25, 0.3) is 0 Å². The molecular weight excluding hydrogens is 196 g/mol. The fraction of sp³-hybridized carbons (Fsp3) is 0.0833. The van der Waals surface area contributed by atoms with Crippen LogP contribution in [0.4, 0.5) is 0 Å². The summed E-state index contributed by atoms with van der Waals surface area (Å²) in [6.45, 7) is 1.59. The van der Waals surface area contributed by atoms with E-state index in [1.807, 2.05) is 42.5 Å². The fourth-order valence-electron chi connectivity index (χ4n) is 1.41. The highest BCUT2D eigenvalue weighted by atomic mass is 35.5. The van der Waals surface area contributed by atoms with Crippen LogP contribution in [0, 0.1) is 0 Å². The van der Waals surface area contributed by atoms with E-state index in [9.17, 15) is 4.79 Å². The van der Waals surface area contributed by atoms with Gasteiger partial charge in [-0.3, -0.25) is 4.79 Å². The lowest BCUT2D eigenvalue weighted by atomic mass is 10.1. The van der Waals surface area contributed by atoms with Crippen molar-refractivity contribution in [3.63, 3.8) is 0 Å². The van der Waals surface area contributed by atoms with Gasteiger partial charge in [0.15, 0.2) is 5.78 Å². The van der Waals surface area contributed by atoms with Crippen molar-refractivity contribution in [3.8, 4) is 0 Å². The highest BCUT2D eigenvalue weighted by molar-refractivity contribution is 5.98. The predicted octanol–water partition coefficient (Wildman–Crippen LogP) is 3.46. The molecule has 0 aromatic heterocycles. The third-order valence-corrected chi connectivity index (χ3v) is 2.16. The third-order valence-electron chi connectivity index (χ3n) is 2.16. The Morgan fingerprint density at radius 1 is 1.00 bits per heavy atom.